The van der Waals surface area contributed by atoms with Gasteiger partial charge in [0.05, 0.1) is 0 Å². The van der Waals surface area contributed by atoms with Gasteiger partial charge in [0.2, 0.25) is 0 Å². The van der Waals surface area contributed by atoms with Gasteiger partial charge >= 0.3 is 0 Å². The van der Waals surface area contributed by atoms with Crippen LogP contribution in [0.4, 0.5) is 0 Å². The number of pyridine rings is 1. The van der Waals surface area contributed by atoms with E-state index < -0.39 is 0 Å². The summed E-state index contributed by atoms with van der Waals surface area (Å²) in [6.45, 7) is 6.67. The zero-order valence-corrected chi connectivity index (χ0v) is 8.72. The van der Waals surface area contributed by atoms with Crippen LogP contribution in [0.15, 0.2) is 6.20 Å². The van der Waals surface area contributed by atoms with E-state index in [4.69, 9.17) is 0 Å². The maximum absolute atomic E-state index is 4.47. The largest absolute Gasteiger partial charge is 0.261 e. The van der Waals surface area contributed by atoms with Crippen LogP contribution in [0, 0.1) is 6.92 Å². The second-order valence-corrected chi connectivity index (χ2v) is 4.27. The van der Waals surface area contributed by atoms with Crippen LogP contribution in [0.1, 0.15) is 48.6 Å². The molecule has 1 aromatic rings. The van der Waals surface area contributed by atoms with Crippen LogP contribution >= 0.6 is 0 Å². The third-order valence-corrected chi connectivity index (χ3v) is 2.97. The summed E-state index contributed by atoms with van der Waals surface area (Å²) in [5.41, 5.74) is 5.84. The van der Waals surface area contributed by atoms with Crippen LogP contribution < -0.4 is 0 Å². The van der Waals surface area contributed by atoms with Gasteiger partial charge in [-0.2, -0.15) is 0 Å². The molecule has 0 N–H and O–H groups in total. The van der Waals surface area contributed by atoms with Crippen molar-refractivity contribution in [1.29, 1.82) is 0 Å². The molecule has 0 amide bonds. The Kier molecular flexibility index (Phi) is 2.10. The highest BCUT2D eigenvalue weighted by molar-refractivity contribution is 5.40. The van der Waals surface area contributed by atoms with E-state index in [-0.39, 0.29) is 0 Å². The van der Waals surface area contributed by atoms with Crippen molar-refractivity contribution in [3.63, 3.8) is 0 Å². The SMILES string of the molecule is Cc1ncc2c(c1C(C)C)CCC2. The predicted octanol–water partition coefficient (Wildman–Crippen LogP) is 3.00. The van der Waals surface area contributed by atoms with Gasteiger partial charge in [-0.1, -0.05) is 13.8 Å². The topological polar surface area (TPSA) is 12.9 Å². The lowest BCUT2D eigenvalue weighted by atomic mass is 9.94. The molecular formula is C12H17N. The monoisotopic (exact) mass is 175 g/mol. The first kappa shape index (κ1) is 8.74. The van der Waals surface area contributed by atoms with Crippen LogP contribution in [0.25, 0.3) is 0 Å². The molecule has 0 radical (unpaired) electrons. The highest BCUT2D eigenvalue weighted by atomic mass is 14.7. The van der Waals surface area contributed by atoms with Crippen LogP contribution in [-0.4, -0.2) is 4.98 Å². The minimum atomic E-state index is 0.626. The molecule has 70 valence electrons. The third kappa shape index (κ3) is 1.37. The number of fused-ring (bicyclic) bond motifs is 1. The summed E-state index contributed by atoms with van der Waals surface area (Å²) in [5, 5.41) is 0. The minimum Gasteiger partial charge on any atom is -0.261 e. The Morgan fingerprint density at radius 2 is 2.08 bits per heavy atom. The van der Waals surface area contributed by atoms with Crippen molar-refractivity contribution in [1.82, 2.24) is 4.98 Å². The van der Waals surface area contributed by atoms with Crippen molar-refractivity contribution in [2.45, 2.75) is 46.0 Å². The lowest BCUT2D eigenvalue weighted by Gasteiger charge is -2.14. The van der Waals surface area contributed by atoms with E-state index in [2.05, 4.69) is 32.0 Å². The van der Waals surface area contributed by atoms with E-state index in [1.807, 2.05) is 0 Å². The molecule has 0 bridgehead atoms. The summed E-state index contributed by atoms with van der Waals surface area (Å²) >= 11 is 0. The highest BCUT2D eigenvalue weighted by Gasteiger charge is 2.18. The maximum Gasteiger partial charge on any atom is 0.0410 e. The molecule has 1 heteroatoms. The van der Waals surface area contributed by atoms with E-state index in [1.54, 1.807) is 5.56 Å². The molecule has 1 heterocycles. The van der Waals surface area contributed by atoms with Crippen LogP contribution in [0.3, 0.4) is 0 Å². The van der Waals surface area contributed by atoms with E-state index in [9.17, 15) is 0 Å². The summed E-state index contributed by atoms with van der Waals surface area (Å²) in [4.78, 5) is 4.47. The normalized spacial score (nSPS) is 15.1. The molecule has 1 aliphatic carbocycles. The fraction of sp³-hybridized carbons (Fsp3) is 0.583. The molecule has 1 aliphatic rings. The van der Waals surface area contributed by atoms with E-state index in [0.717, 1.165) is 0 Å². The van der Waals surface area contributed by atoms with Gasteiger partial charge in [-0.05, 0) is 48.8 Å². The molecule has 0 spiro atoms. The lowest BCUT2D eigenvalue weighted by Crippen LogP contribution is -2.01. The maximum atomic E-state index is 4.47. The molecule has 1 nitrogen and oxygen atoms in total. The molecule has 0 aliphatic heterocycles. The summed E-state index contributed by atoms with van der Waals surface area (Å²) < 4.78 is 0. The van der Waals surface area contributed by atoms with Crippen molar-refractivity contribution >= 4 is 0 Å². The molecule has 0 saturated carbocycles. The molecule has 0 unspecified atom stereocenters. The van der Waals surface area contributed by atoms with E-state index >= 15 is 0 Å². The van der Waals surface area contributed by atoms with Gasteiger partial charge in [-0.25, -0.2) is 0 Å². The smallest absolute Gasteiger partial charge is 0.0410 e. The van der Waals surface area contributed by atoms with Crippen LogP contribution in [0.2, 0.25) is 0 Å². The minimum absolute atomic E-state index is 0.626. The predicted molar refractivity (Wildman–Crippen MR) is 55.1 cm³/mol. The molecule has 0 fully saturated rings. The second-order valence-electron chi connectivity index (χ2n) is 4.27. The Morgan fingerprint density at radius 3 is 2.77 bits per heavy atom. The van der Waals surface area contributed by atoms with Gasteiger partial charge in [0.15, 0.2) is 0 Å². The van der Waals surface area contributed by atoms with E-state index in [0.29, 0.717) is 5.92 Å². The number of aromatic nitrogens is 1. The van der Waals surface area contributed by atoms with Gasteiger partial charge in [-0.3, -0.25) is 4.98 Å². The number of nitrogens with zero attached hydrogens (tertiary/aromatic N) is 1. The number of aryl methyl sites for hydroxylation is 2. The average Bonchev–Trinajstić information content (AvgIpc) is 2.50. The molecule has 0 saturated heterocycles. The number of rotatable bonds is 1. The van der Waals surface area contributed by atoms with Crippen molar-refractivity contribution < 1.29 is 0 Å². The van der Waals surface area contributed by atoms with Gasteiger partial charge in [-0.15, -0.1) is 0 Å². The molecular weight excluding hydrogens is 158 g/mol. The quantitative estimate of drug-likeness (QED) is 0.639. The first-order valence-corrected chi connectivity index (χ1v) is 5.17. The van der Waals surface area contributed by atoms with Crippen molar-refractivity contribution in [3.05, 3.63) is 28.6 Å². The third-order valence-electron chi connectivity index (χ3n) is 2.97. The van der Waals surface area contributed by atoms with Gasteiger partial charge in [0.1, 0.15) is 0 Å². The molecule has 1 aromatic heterocycles. The fourth-order valence-corrected chi connectivity index (χ4v) is 2.45. The first-order valence-electron chi connectivity index (χ1n) is 5.17. The first-order chi connectivity index (χ1) is 6.20. The van der Waals surface area contributed by atoms with Crippen molar-refractivity contribution in [2.75, 3.05) is 0 Å². The summed E-state index contributed by atoms with van der Waals surface area (Å²) in [5.74, 6) is 0.626. The van der Waals surface area contributed by atoms with Crippen LogP contribution in [0.5, 0.6) is 0 Å². The van der Waals surface area contributed by atoms with Crippen molar-refractivity contribution in [2.24, 2.45) is 0 Å². The van der Waals surface area contributed by atoms with Gasteiger partial charge in [0.25, 0.3) is 0 Å². The zero-order chi connectivity index (χ0) is 9.42. The molecule has 0 atom stereocenters. The Labute approximate surface area is 80.2 Å². The summed E-state index contributed by atoms with van der Waals surface area (Å²) in [6.07, 6.45) is 5.90. The Morgan fingerprint density at radius 1 is 1.31 bits per heavy atom. The number of hydrogen-bond acceptors (Lipinski definition) is 1. The van der Waals surface area contributed by atoms with Gasteiger partial charge < -0.3 is 0 Å². The fourth-order valence-electron chi connectivity index (χ4n) is 2.45. The highest BCUT2D eigenvalue weighted by Crippen LogP contribution is 2.30. The summed E-state index contributed by atoms with van der Waals surface area (Å²) in [7, 11) is 0. The Balaban J connectivity index is 2.58. The van der Waals surface area contributed by atoms with Gasteiger partial charge in [0, 0.05) is 11.9 Å². The van der Waals surface area contributed by atoms with Crippen molar-refractivity contribution in [3.8, 4) is 0 Å². The molecule has 13 heavy (non-hydrogen) atoms. The lowest BCUT2D eigenvalue weighted by molar-refractivity contribution is 0.819. The average molecular weight is 175 g/mol. The summed E-state index contributed by atoms with van der Waals surface area (Å²) in [6, 6.07) is 0. The zero-order valence-electron chi connectivity index (χ0n) is 8.72. The number of hydrogen-bond donors (Lipinski definition) is 0. The second kappa shape index (κ2) is 3.13. The standard InChI is InChI=1S/C12H17N/c1-8(2)12-9(3)13-7-10-5-4-6-11(10)12/h7-8H,4-6H2,1-3H3. The van der Waals surface area contributed by atoms with E-state index in [1.165, 1.54) is 36.1 Å². The molecule has 0 aromatic carbocycles. The Hall–Kier alpha value is -0.850. The molecule has 2 rings (SSSR count). The Bertz CT molecular complexity index is 326. The van der Waals surface area contributed by atoms with Crippen LogP contribution in [-0.2, 0) is 12.8 Å².